The number of rotatable bonds is 8. The van der Waals surface area contributed by atoms with Crippen LogP contribution < -0.4 is 0 Å². The Morgan fingerprint density at radius 3 is 2.94 bits per heavy atom. The van der Waals surface area contributed by atoms with E-state index in [1.807, 2.05) is 10.9 Å². The van der Waals surface area contributed by atoms with Crippen molar-refractivity contribution in [3.8, 4) is 0 Å². The van der Waals surface area contributed by atoms with Gasteiger partial charge in [-0.2, -0.15) is 0 Å². The summed E-state index contributed by atoms with van der Waals surface area (Å²) in [6.45, 7) is 3.07. The van der Waals surface area contributed by atoms with Crippen LogP contribution in [0.1, 0.15) is 44.7 Å². The molecule has 0 aliphatic heterocycles. The van der Waals surface area contributed by atoms with Crippen LogP contribution in [0.2, 0.25) is 0 Å². The Labute approximate surface area is 95.5 Å². The highest BCUT2D eigenvalue weighted by Gasteiger charge is 2.02. The van der Waals surface area contributed by atoms with Gasteiger partial charge in [0.05, 0.1) is 5.69 Å². The van der Waals surface area contributed by atoms with Gasteiger partial charge in [0.1, 0.15) is 0 Å². The average molecular weight is 225 g/mol. The highest BCUT2D eigenvalue weighted by atomic mass is 16.4. The first-order chi connectivity index (χ1) is 7.72. The maximum Gasteiger partial charge on any atom is 0.303 e. The molecule has 1 rings (SSSR count). The monoisotopic (exact) mass is 225 g/mol. The van der Waals surface area contributed by atoms with E-state index < -0.39 is 5.97 Å². The Morgan fingerprint density at radius 1 is 1.44 bits per heavy atom. The minimum absolute atomic E-state index is 0.197. The summed E-state index contributed by atoms with van der Waals surface area (Å²) in [6, 6.07) is 0. The van der Waals surface area contributed by atoms with Crippen LogP contribution in [0.25, 0.3) is 0 Å². The summed E-state index contributed by atoms with van der Waals surface area (Å²) in [5, 5.41) is 16.5. The molecule has 0 amide bonds. The van der Waals surface area contributed by atoms with Crippen LogP contribution in [0, 0.1) is 0 Å². The zero-order chi connectivity index (χ0) is 11.8. The summed E-state index contributed by atoms with van der Waals surface area (Å²) in [5.74, 6) is -0.754. The van der Waals surface area contributed by atoms with Gasteiger partial charge in [-0.1, -0.05) is 25.0 Å². The maximum atomic E-state index is 10.3. The third-order valence-corrected chi connectivity index (χ3v) is 2.40. The lowest BCUT2D eigenvalue weighted by atomic mass is 10.2. The number of carboxylic acid groups (broad SMARTS) is 1. The minimum Gasteiger partial charge on any atom is -0.481 e. The van der Waals surface area contributed by atoms with Crippen LogP contribution in [-0.2, 0) is 17.8 Å². The summed E-state index contributed by atoms with van der Waals surface area (Å²) in [4.78, 5) is 10.3. The fourth-order valence-corrected chi connectivity index (χ4v) is 1.51. The second-order valence-electron chi connectivity index (χ2n) is 3.93. The molecule has 0 bridgehead atoms. The fourth-order valence-electron chi connectivity index (χ4n) is 1.51. The standard InChI is InChI=1S/C11H19N3O2/c1-2-3-4-8-14-9-10(12-13-14)6-5-7-11(15)16/h9H,2-8H2,1H3,(H,15,16). The predicted molar refractivity (Wildman–Crippen MR) is 60.1 cm³/mol. The molecule has 0 unspecified atom stereocenters. The first-order valence-electron chi connectivity index (χ1n) is 5.83. The summed E-state index contributed by atoms with van der Waals surface area (Å²) in [6.07, 6.45) is 6.95. The van der Waals surface area contributed by atoms with Gasteiger partial charge in [-0.05, 0) is 19.3 Å². The molecule has 5 heteroatoms. The highest BCUT2D eigenvalue weighted by Crippen LogP contribution is 2.03. The summed E-state index contributed by atoms with van der Waals surface area (Å²) < 4.78 is 1.84. The molecule has 90 valence electrons. The van der Waals surface area contributed by atoms with Gasteiger partial charge in [0.15, 0.2) is 0 Å². The first-order valence-corrected chi connectivity index (χ1v) is 5.83. The maximum absolute atomic E-state index is 10.3. The zero-order valence-electron chi connectivity index (χ0n) is 9.72. The molecule has 0 fully saturated rings. The van der Waals surface area contributed by atoms with Crippen molar-refractivity contribution in [1.29, 1.82) is 0 Å². The van der Waals surface area contributed by atoms with E-state index in [1.54, 1.807) is 0 Å². The third kappa shape index (κ3) is 4.91. The Hall–Kier alpha value is -1.39. The van der Waals surface area contributed by atoms with E-state index in [0.717, 1.165) is 18.7 Å². The van der Waals surface area contributed by atoms with Gasteiger partial charge in [-0.15, -0.1) is 5.10 Å². The molecule has 16 heavy (non-hydrogen) atoms. The van der Waals surface area contributed by atoms with E-state index in [2.05, 4.69) is 17.2 Å². The lowest BCUT2D eigenvalue weighted by molar-refractivity contribution is -0.137. The molecule has 0 aliphatic carbocycles. The number of carbonyl (C=O) groups is 1. The van der Waals surface area contributed by atoms with Gasteiger partial charge in [0, 0.05) is 19.2 Å². The molecule has 0 saturated heterocycles. The van der Waals surface area contributed by atoms with Crippen molar-refractivity contribution >= 4 is 5.97 Å². The lowest BCUT2D eigenvalue weighted by Crippen LogP contribution is -1.98. The number of nitrogens with zero attached hydrogens (tertiary/aromatic N) is 3. The molecule has 0 saturated carbocycles. The number of carboxylic acids is 1. The first kappa shape index (κ1) is 12.7. The quantitative estimate of drug-likeness (QED) is 0.686. The van der Waals surface area contributed by atoms with Crippen LogP contribution in [0.5, 0.6) is 0 Å². The molecule has 1 aromatic rings. The van der Waals surface area contributed by atoms with Gasteiger partial charge in [-0.25, -0.2) is 0 Å². The van der Waals surface area contributed by atoms with Crippen LogP contribution in [-0.4, -0.2) is 26.1 Å². The van der Waals surface area contributed by atoms with Gasteiger partial charge >= 0.3 is 5.97 Å². The SMILES string of the molecule is CCCCCn1cc(CCCC(=O)O)nn1. The number of aromatic nitrogens is 3. The van der Waals surface area contributed by atoms with Gasteiger partial charge < -0.3 is 5.11 Å². The molecule has 0 aliphatic rings. The van der Waals surface area contributed by atoms with Crippen molar-refractivity contribution in [1.82, 2.24) is 15.0 Å². The molecule has 0 radical (unpaired) electrons. The van der Waals surface area contributed by atoms with Crippen molar-refractivity contribution in [3.05, 3.63) is 11.9 Å². The molecule has 0 spiro atoms. The second-order valence-corrected chi connectivity index (χ2v) is 3.93. The molecule has 1 aromatic heterocycles. The number of aliphatic carboxylic acids is 1. The van der Waals surface area contributed by atoms with E-state index >= 15 is 0 Å². The lowest BCUT2D eigenvalue weighted by Gasteiger charge is -1.97. The molecule has 0 aromatic carbocycles. The van der Waals surface area contributed by atoms with Gasteiger partial charge in [-0.3, -0.25) is 9.48 Å². The highest BCUT2D eigenvalue weighted by molar-refractivity contribution is 5.66. The normalized spacial score (nSPS) is 10.6. The summed E-state index contributed by atoms with van der Waals surface area (Å²) in [5.41, 5.74) is 0.887. The Morgan fingerprint density at radius 2 is 2.25 bits per heavy atom. The molecule has 1 heterocycles. The Balaban J connectivity index is 2.25. The van der Waals surface area contributed by atoms with E-state index in [9.17, 15) is 4.79 Å². The van der Waals surface area contributed by atoms with Crippen molar-refractivity contribution in [2.24, 2.45) is 0 Å². The molecular formula is C11H19N3O2. The van der Waals surface area contributed by atoms with Gasteiger partial charge in [0.2, 0.25) is 0 Å². The molecular weight excluding hydrogens is 206 g/mol. The number of unbranched alkanes of at least 4 members (excludes halogenated alkanes) is 2. The topological polar surface area (TPSA) is 68.0 Å². The van der Waals surface area contributed by atoms with E-state index in [-0.39, 0.29) is 6.42 Å². The van der Waals surface area contributed by atoms with E-state index in [4.69, 9.17) is 5.11 Å². The van der Waals surface area contributed by atoms with Crippen LogP contribution in [0.4, 0.5) is 0 Å². The average Bonchev–Trinajstić information content (AvgIpc) is 2.66. The molecule has 5 nitrogen and oxygen atoms in total. The smallest absolute Gasteiger partial charge is 0.303 e. The van der Waals surface area contributed by atoms with E-state index in [0.29, 0.717) is 12.8 Å². The van der Waals surface area contributed by atoms with Crippen molar-refractivity contribution in [2.75, 3.05) is 0 Å². The number of aryl methyl sites for hydroxylation is 2. The van der Waals surface area contributed by atoms with Crippen LogP contribution in [0.15, 0.2) is 6.20 Å². The molecule has 0 atom stereocenters. The number of hydrogen-bond acceptors (Lipinski definition) is 3. The third-order valence-electron chi connectivity index (χ3n) is 2.40. The Bertz CT molecular complexity index is 323. The van der Waals surface area contributed by atoms with Gasteiger partial charge in [0.25, 0.3) is 0 Å². The van der Waals surface area contributed by atoms with Crippen molar-refractivity contribution in [3.63, 3.8) is 0 Å². The number of hydrogen-bond donors (Lipinski definition) is 1. The summed E-state index contributed by atoms with van der Waals surface area (Å²) in [7, 11) is 0. The minimum atomic E-state index is -0.754. The van der Waals surface area contributed by atoms with Crippen molar-refractivity contribution < 1.29 is 9.90 Å². The van der Waals surface area contributed by atoms with E-state index in [1.165, 1.54) is 12.8 Å². The zero-order valence-corrected chi connectivity index (χ0v) is 9.72. The van der Waals surface area contributed by atoms with Crippen LogP contribution in [0.3, 0.4) is 0 Å². The van der Waals surface area contributed by atoms with Crippen LogP contribution >= 0.6 is 0 Å². The Kier molecular flexibility index (Phi) is 5.53. The largest absolute Gasteiger partial charge is 0.481 e. The second kappa shape index (κ2) is 6.98. The molecule has 1 N–H and O–H groups in total. The predicted octanol–water partition coefficient (Wildman–Crippen LogP) is 1.88. The fraction of sp³-hybridized carbons (Fsp3) is 0.727. The van der Waals surface area contributed by atoms with Crippen molar-refractivity contribution in [2.45, 2.75) is 52.0 Å². The summed E-state index contributed by atoms with van der Waals surface area (Å²) >= 11 is 0.